The van der Waals surface area contributed by atoms with E-state index in [4.69, 9.17) is 4.74 Å². The molecule has 33 heavy (non-hydrogen) atoms. The zero-order valence-corrected chi connectivity index (χ0v) is 19.2. The smallest absolute Gasteiger partial charge is 0.272 e. The maximum Gasteiger partial charge on any atom is 0.272 e. The molecule has 1 N–H and O–H groups in total. The van der Waals surface area contributed by atoms with Crippen molar-refractivity contribution in [2.24, 2.45) is 0 Å². The molecule has 1 saturated carbocycles. The van der Waals surface area contributed by atoms with E-state index in [-0.39, 0.29) is 17.8 Å². The molecule has 9 heteroatoms. The maximum absolute atomic E-state index is 12.6. The summed E-state index contributed by atoms with van der Waals surface area (Å²) in [6.07, 6.45) is 1.04. The standard InChI is InChI=1S/C24H27F2N3O3S/c1-2-12-33(30,31)28-17-8-6-16(7-9-17)24-21(14-27)20-11-10-19(32-15-23(25)26)13-22(20)29(24)18-4-3-5-18/h6-11,13,18,21,23-24,28H,2-5,12,15H2,1H3. The van der Waals surface area contributed by atoms with E-state index < -0.39 is 29.0 Å². The Morgan fingerprint density at radius 3 is 2.52 bits per heavy atom. The Labute approximate surface area is 193 Å². The number of hydrogen-bond donors (Lipinski definition) is 1. The van der Waals surface area contributed by atoms with Crippen LogP contribution in [0.4, 0.5) is 20.2 Å². The average Bonchev–Trinajstić information content (AvgIpc) is 3.04. The van der Waals surface area contributed by atoms with Gasteiger partial charge in [-0.05, 0) is 55.0 Å². The molecule has 0 radical (unpaired) electrons. The molecule has 1 fully saturated rings. The number of nitriles is 1. The summed E-state index contributed by atoms with van der Waals surface area (Å²) < 4.78 is 57.2. The fourth-order valence-electron chi connectivity index (χ4n) is 4.57. The van der Waals surface area contributed by atoms with Gasteiger partial charge in [-0.2, -0.15) is 5.26 Å². The highest BCUT2D eigenvalue weighted by Gasteiger charge is 2.44. The topological polar surface area (TPSA) is 82.4 Å². The molecule has 1 aliphatic carbocycles. The van der Waals surface area contributed by atoms with Crippen LogP contribution in [0.1, 0.15) is 55.7 Å². The van der Waals surface area contributed by atoms with Gasteiger partial charge in [0.25, 0.3) is 6.43 Å². The van der Waals surface area contributed by atoms with Crippen molar-refractivity contribution < 1.29 is 21.9 Å². The molecule has 176 valence electrons. The molecule has 6 nitrogen and oxygen atoms in total. The second-order valence-electron chi connectivity index (χ2n) is 8.51. The van der Waals surface area contributed by atoms with Gasteiger partial charge in [0.15, 0.2) is 0 Å². The molecule has 1 heterocycles. The molecule has 2 unspecified atom stereocenters. The first-order chi connectivity index (χ1) is 15.8. The van der Waals surface area contributed by atoms with E-state index in [1.165, 1.54) is 0 Å². The van der Waals surface area contributed by atoms with Gasteiger partial charge in [-0.1, -0.05) is 25.1 Å². The van der Waals surface area contributed by atoms with Crippen LogP contribution in [-0.4, -0.2) is 33.2 Å². The third-order valence-electron chi connectivity index (χ3n) is 6.21. The predicted octanol–water partition coefficient (Wildman–Crippen LogP) is 5.20. The van der Waals surface area contributed by atoms with Crippen LogP contribution in [-0.2, 0) is 10.0 Å². The van der Waals surface area contributed by atoms with E-state index in [2.05, 4.69) is 15.7 Å². The number of halogens is 2. The third kappa shape index (κ3) is 4.91. The molecule has 2 aromatic rings. The largest absolute Gasteiger partial charge is 0.488 e. The number of benzene rings is 2. The average molecular weight is 476 g/mol. The van der Waals surface area contributed by atoms with Gasteiger partial charge >= 0.3 is 0 Å². The minimum absolute atomic E-state index is 0.0502. The summed E-state index contributed by atoms with van der Waals surface area (Å²) in [7, 11) is -3.39. The summed E-state index contributed by atoms with van der Waals surface area (Å²) in [6.45, 7) is 1.13. The number of nitrogens with one attached hydrogen (secondary N) is 1. The van der Waals surface area contributed by atoms with E-state index in [1.54, 1.807) is 37.3 Å². The first kappa shape index (κ1) is 23.3. The fraction of sp³-hybridized carbons (Fsp3) is 0.458. The number of sulfonamides is 1. The van der Waals surface area contributed by atoms with Crippen molar-refractivity contribution in [2.45, 2.75) is 57.0 Å². The molecule has 1 aliphatic heterocycles. The first-order valence-electron chi connectivity index (χ1n) is 11.2. The van der Waals surface area contributed by atoms with E-state index in [9.17, 15) is 22.5 Å². The molecular weight excluding hydrogens is 448 g/mol. The summed E-state index contributed by atoms with van der Waals surface area (Å²) in [5.74, 6) is -0.0296. The lowest BCUT2D eigenvalue weighted by Gasteiger charge is -2.41. The van der Waals surface area contributed by atoms with Gasteiger partial charge in [0.2, 0.25) is 10.0 Å². The summed E-state index contributed by atoms with van der Waals surface area (Å²) in [6, 6.07) is 14.8. The van der Waals surface area contributed by atoms with Crippen LogP contribution in [0.25, 0.3) is 0 Å². The van der Waals surface area contributed by atoms with Crippen molar-refractivity contribution in [3.63, 3.8) is 0 Å². The Morgan fingerprint density at radius 2 is 1.94 bits per heavy atom. The molecule has 0 bridgehead atoms. The van der Waals surface area contributed by atoms with E-state index in [0.717, 1.165) is 36.1 Å². The van der Waals surface area contributed by atoms with E-state index >= 15 is 0 Å². The van der Waals surface area contributed by atoms with Gasteiger partial charge in [-0.25, -0.2) is 17.2 Å². The van der Waals surface area contributed by atoms with Crippen molar-refractivity contribution in [2.75, 3.05) is 22.0 Å². The Hall–Kier alpha value is -2.86. The Kier molecular flexibility index (Phi) is 6.75. The van der Waals surface area contributed by atoms with E-state index in [0.29, 0.717) is 17.9 Å². The number of fused-ring (bicyclic) bond motifs is 1. The number of anilines is 2. The summed E-state index contributed by atoms with van der Waals surface area (Å²) in [5.41, 5.74) is 3.08. The lowest BCUT2D eigenvalue weighted by atomic mass is 9.87. The summed E-state index contributed by atoms with van der Waals surface area (Å²) in [4.78, 5) is 2.22. The monoisotopic (exact) mass is 475 g/mol. The van der Waals surface area contributed by atoms with Crippen molar-refractivity contribution in [3.8, 4) is 11.8 Å². The van der Waals surface area contributed by atoms with Crippen LogP contribution < -0.4 is 14.4 Å². The zero-order valence-electron chi connectivity index (χ0n) is 18.4. The number of rotatable bonds is 9. The molecule has 0 spiro atoms. The van der Waals surface area contributed by atoms with Gasteiger partial charge < -0.3 is 9.64 Å². The van der Waals surface area contributed by atoms with Crippen LogP contribution in [0.3, 0.4) is 0 Å². The molecule has 2 atom stereocenters. The second-order valence-corrected chi connectivity index (χ2v) is 10.4. The van der Waals surface area contributed by atoms with Crippen LogP contribution in [0.5, 0.6) is 5.75 Å². The highest BCUT2D eigenvalue weighted by molar-refractivity contribution is 7.92. The molecule has 4 rings (SSSR count). The lowest BCUT2D eigenvalue weighted by molar-refractivity contribution is 0.0819. The van der Waals surface area contributed by atoms with Gasteiger partial charge in [0, 0.05) is 23.5 Å². The van der Waals surface area contributed by atoms with Crippen molar-refractivity contribution >= 4 is 21.4 Å². The van der Waals surface area contributed by atoms with Crippen LogP contribution >= 0.6 is 0 Å². The van der Waals surface area contributed by atoms with Crippen LogP contribution in [0.15, 0.2) is 42.5 Å². The van der Waals surface area contributed by atoms with Crippen LogP contribution in [0.2, 0.25) is 0 Å². The predicted molar refractivity (Wildman–Crippen MR) is 123 cm³/mol. The minimum Gasteiger partial charge on any atom is -0.488 e. The minimum atomic E-state index is -3.39. The van der Waals surface area contributed by atoms with Gasteiger partial charge in [0.05, 0.1) is 23.8 Å². The molecule has 2 aliphatic rings. The number of alkyl halides is 2. The van der Waals surface area contributed by atoms with Crippen molar-refractivity contribution in [1.29, 1.82) is 5.26 Å². The molecule has 0 saturated heterocycles. The Bertz CT molecular complexity index is 1130. The number of ether oxygens (including phenoxy) is 1. The van der Waals surface area contributed by atoms with Gasteiger partial charge in [-0.3, -0.25) is 4.72 Å². The van der Waals surface area contributed by atoms with Crippen molar-refractivity contribution in [1.82, 2.24) is 0 Å². The normalized spacial score (nSPS) is 20.3. The SMILES string of the molecule is CCCS(=O)(=O)Nc1ccc(C2C(C#N)c3ccc(OCC(F)F)cc3N2C2CCC2)cc1. The third-order valence-corrected chi connectivity index (χ3v) is 7.70. The Balaban J connectivity index is 1.66. The lowest BCUT2D eigenvalue weighted by Crippen LogP contribution is -2.41. The van der Waals surface area contributed by atoms with E-state index in [1.807, 2.05) is 12.1 Å². The molecular formula is C24H27F2N3O3S. The highest BCUT2D eigenvalue weighted by atomic mass is 32.2. The Morgan fingerprint density at radius 1 is 1.21 bits per heavy atom. The molecule has 0 amide bonds. The zero-order chi connectivity index (χ0) is 23.6. The van der Waals surface area contributed by atoms with Gasteiger partial charge in [0.1, 0.15) is 12.4 Å². The molecule has 0 aromatic heterocycles. The van der Waals surface area contributed by atoms with Gasteiger partial charge in [-0.15, -0.1) is 0 Å². The fourth-order valence-corrected chi connectivity index (χ4v) is 5.70. The maximum atomic E-state index is 12.6. The first-order valence-corrected chi connectivity index (χ1v) is 12.8. The number of nitrogens with zero attached hydrogens (tertiary/aromatic N) is 2. The second kappa shape index (κ2) is 9.56. The molecule has 2 aromatic carbocycles. The van der Waals surface area contributed by atoms with Crippen molar-refractivity contribution in [3.05, 3.63) is 53.6 Å². The summed E-state index contributed by atoms with van der Waals surface area (Å²) >= 11 is 0. The summed E-state index contributed by atoms with van der Waals surface area (Å²) in [5, 5.41) is 10.0. The quantitative estimate of drug-likeness (QED) is 0.539. The van der Waals surface area contributed by atoms with Crippen LogP contribution in [0, 0.1) is 11.3 Å². The number of hydrogen-bond acceptors (Lipinski definition) is 5. The highest BCUT2D eigenvalue weighted by Crippen LogP contribution is 2.53.